The average molecular weight is 593 g/mol. The summed E-state index contributed by atoms with van der Waals surface area (Å²) in [6.45, 7) is 6.39. The van der Waals surface area contributed by atoms with Crippen molar-refractivity contribution in [2.45, 2.75) is 58.3 Å². The van der Waals surface area contributed by atoms with Crippen molar-refractivity contribution >= 4 is 22.5 Å². The molecule has 5 nitrogen and oxygen atoms in total. The lowest BCUT2D eigenvalue weighted by molar-refractivity contribution is -0.144. The van der Waals surface area contributed by atoms with Crippen molar-refractivity contribution < 1.29 is 40.6 Å². The molecule has 42 heavy (non-hydrogen) atoms. The Labute approximate surface area is 238 Å². The van der Waals surface area contributed by atoms with Gasteiger partial charge in [0.25, 0.3) is 5.91 Å². The molecule has 11 heteroatoms. The number of halogens is 6. The Morgan fingerprint density at radius 3 is 2.10 bits per heavy atom. The van der Waals surface area contributed by atoms with Gasteiger partial charge in [0.05, 0.1) is 6.61 Å². The van der Waals surface area contributed by atoms with Crippen LogP contribution < -0.4 is 14.8 Å². The Hall–Kier alpha value is -4.15. The summed E-state index contributed by atoms with van der Waals surface area (Å²) >= 11 is 0. The quantitative estimate of drug-likeness (QED) is 0.142. The van der Waals surface area contributed by atoms with Crippen LogP contribution in [-0.2, 0) is 12.4 Å². The number of benzene rings is 3. The van der Waals surface area contributed by atoms with E-state index in [2.05, 4.69) is 10.3 Å². The van der Waals surface area contributed by atoms with E-state index in [-0.39, 0.29) is 17.2 Å². The van der Waals surface area contributed by atoms with Crippen molar-refractivity contribution in [2.75, 3.05) is 11.9 Å². The van der Waals surface area contributed by atoms with Crippen molar-refractivity contribution in [1.82, 2.24) is 4.98 Å². The first-order chi connectivity index (χ1) is 19.8. The molecule has 3 aromatic carbocycles. The molecule has 0 aliphatic heterocycles. The molecule has 0 saturated carbocycles. The molecule has 0 fully saturated rings. The van der Waals surface area contributed by atoms with Crippen LogP contribution in [-0.4, -0.2) is 17.5 Å². The first kappa shape index (κ1) is 30.8. The molecule has 4 aromatic rings. The van der Waals surface area contributed by atoms with Crippen LogP contribution >= 0.6 is 0 Å². The molecular formula is C31H30F6N2O3. The fraction of sp³-hybridized carbons (Fsp3) is 0.323. The summed E-state index contributed by atoms with van der Waals surface area (Å²) in [4.78, 5) is 15.8. The van der Waals surface area contributed by atoms with Gasteiger partial charge in [-0.05, 0) is 78.9 Å². The number of carbonyl (C=O) groups is 1. The monoisotopic (exact) mass is 592 g/mol. The highest BCUT2D eigenvalue weighted by molar-refractivity contribution is 6.04. The van der Waals surface area contributed by atoms with E-state index in [1.54, 1.807) is 6.20 Å². The molecule has 0 bridgehead atoms. The molecule has 1 aromatic heterocycles. The minimum Gasteiger partial charge on any atom is -0.494 e. The van der Waals surface area contributed by atoms with E-state index in [0.717, 1.165) is 24.8 Å². The Morgan fingerprint density at radius 2 is 1.52 bits per heavy atom. The number of nitrogens with one attached hydrogen (secondary N) is 2. The molecule has 4 rings (SSSR count). The molecule has 0 spiro atoms. The summed E-state index contributed by atoms with van der Waals surface area (Å²) in [5, 5.41) is 2.79. The minimum atomic E-state index is -5.23. The van der Waals surface area contributed by atoms with Crippen LogP contribution in [0.15, 0.2) is 60.8 Å². The van der Waals surface area contributed by atoms with Gasteiger partial charge < -0.3 is 19.8 Å². The van der Waals surface area contributed by atoms with E-state index in [1.807, 2.05) is 20.8 Å². The molecule has 0 aliphatic carbocycles. The lowest BCUT2D eigenvalue weighted by Crippen LogP contribution is -2.17. The number of aromatic nitrogens is 1. The van der Waals surface area contributed by atoms with Crippen LogP contribution in [0.3, 0.4) is 0 Å². The standard InChI is InChI=1S/C31H30F6N2O3/c1-4-6-13-41-21-9-7-19(8-10-21)29(40)39-20-14-25(30(32,33)34)28(26(15-20)31(35,36)37)42-22-11-12-27-23(16-22)24(17-38-27)18(3)5-2/h7-12,14-18,38H,4-6,13H2,1-3H3,(H,39,40). The highest BCUT2D eigenvalue weighted by atomic mass is 19.4. The summed E-state index contributed by atoms with van der Waals surface area (Å²) in [6, 6.07) is 10.8. The largest absolute Gasteiger partial charge is 0.494 e. The summed E-state index contributed by atoms with van der Waals surface area (Å²) in [6.07, 6.45) is -6.18. The zero-order chi connectivity index (χ0) is 30.7. The minimum absolute atomic E-state index is 0.0252. The van der Waals surface area contributed by atoms with Gasteiger partial charge >= 0.3 is 12.4 Å². The van der Waals surface area contributed by atoms with Gasteiger partial charge in [-0.3, -0.25) is 4.79 Å². The van der Waals surface area contributed by atoms with E-state index >= 15 is 0 Å². The van der Waals surface area contributed by atoms with Gasteiger partial charge in [0.15, 0.2) is 5.75 Å². The van der Waals surface area contributed by atoms with Crippen molar-refractivity contribution in [3.8, 4) is 17.2 Å². The number of fused-ring (bicyclic) bond motifs is 1. The zero-order valence-electron chi connectivity index (χ0n) is 23.2. The molecule has 1 amide bonds. The lowest BCUT2D eigenvalue weighted by atomic mass is 9.98. The fourth-order valence-electron chi connectivity index (χ4n) is 4.40. The summed E-state index contributed by atoms with van der Waals surface area (Å²) in [5.41, 5.74) is -2.48. The first-order valence-electron chi connectivity index (χ1n) is 13.5. The number of hydrogen-bond donors (Lipinski definition) is 2. The summed E-state index contributed by atoms with van der Waals surface area (Å²) in [5.74, 6) is -1.91. The molecule has 224 valence electrons. The highest BCUT2D eigenvalue weighted by Gasteiger charge is 2.43. The third kappa shape index (κ3) is 7.00. The number of anilines is 1. The predicted octanol–water partition coefficient (Wildman–Crippen LogP) is 9.94. The number of carbonyl (C=O) groups excluding carboxylic acids is 1. The predicted molar refractivity (Wildman–Crippen MR) is 148 cm³/mol. The van der Waals surface area contributed by atoms with Crippen molar-refractivity contribution in [2.24, 2.45) is 0 Å². The van der Waals surface area contributed by atoms with Crippen LogP contribution in [0, 0.1) is 0 Å². The normalized spacial score (nSPS) is 12.8. The second-order valence-electron chi connectivity index (χ2n) is 9.94. The topological polar surface area (TPSA) is 63.4 Å². The Bertz CT molecular complexity index is 1510. The Morgan fingerprint density at radius 1 is 0.905 bits per heavy atom. The van der Waals surface area contributed by atoms with Gasteiger partial charge in [0.1, 0.15) is 22.6 Å². The Balaban J connectivity index is 1.70. The second kappa shape index (κ2) is 12.4. The maximum Gasteiger partial charge on any atom is 0.420 e. The average Bonchev–Trinajstić information content (AvgIpc) is 3.36. The molecule has 0 saturated heterocycles. The van der Waals surface area contributed by atoms with Crippen LogP contribution in [0.5, 0.6) is 17.2 Å². The Kier molecular flexibility index (Phi) is 9.08. The number of alkyl halides is 6. The molecule has 1 unspecified atom stereocenters. The van der Waals surface area contributed by atoms with Crippen molar-refractivity contribution in [1.29, 1.82) is 0 Å². The van der Waals surface area contributed by atoms with E-state index in [0.29, 0.717) is 35.4 Å². The van der Waals surface area contributed by atoms with Crippen LogP contribution in [0.2, 0.25) is 0 Å². The fourth-order valence-corrected chi connectivity index (χ4v) is 4.40. The van der Waals surface area contributed by atoms with Gasteiger partial charge in [-0.25, -0.2) is 0 Å². The molecule has 1 atom stereocenters. The number of rotatable bonds is 10. The van der Waals surface area contributed by atoms with Gasteiger partial charge in [-0.15, -0.1) is 0 Å². The molecule has 0 radical (unpaired) electrons. The van der Waals surface area contributed by atoms with E-state index in [9.17, 15) is 31.1 Å². The van der Waals surface area contributed by atoms with Crippen molar-refractivity contribution in [3.63, 3.8) is 0 Å². The van der Waals surface area contributed by atoms with Gasteiger partial charge in [-0.1, -0.05) is 27.2 Å². The number of ether oxygens (including phenoxy) is 2. The first-order valence-corrected chi connectivity index (χ1v) is 13.5. The second-order valence-corrected chi connectivity index (χ2v) is 9.94. The smallest absolute Gasteiger partial charge is 0.420 e. The summed E-state index contributed by atoms with van der Waals surface area (Å²) in [7, 11) is 0. The zero-order valence-corrected chi connectivity index (χ0v) is 23.2. The molecular weight excluding hydrogens is 562 g/mol. The van der Waals surface area contributed by atoms with Crippen LogP contribution in [0.25, 0.3) is 10.9 Å². The maximum atomic E-state index is 14.2. The molecule has 1 heterocycles. The van der Waals surface area contributed by atoms with E-state index < -0.39 is 40.8 Å². The maximum absolute atomic E-state index is 14.2. The third-order valence-electron chi connectivity index (χ3n) is 6.89. The van der Waals surface area contributed by atoms with Gasteiger partial charge in [-0.2, -0.15) is 26.3 Å². The number of hydrogen-bond acceptors (Lipinski definition) is 3. The van der Waals surface area contributed by atoms with Gasteiger partial charge in [0, 0.05) is 28.4 Å². The van der Waals surface area contributed by atoms with E-state index in [1.165, 1.54) is 42.5 Å². The lowest BCUT2D eigenvalue weighted by Gasteiger charge is -2.21. The number of amides is 1. The highest BCUT2D eigenvalue weighted by Crippen LogP contribution is 2.48. The van der Waals surface area contributed by atoms with Crippen molar-refractivity contribution in [3.05, 3.63) is 83.0 Å². The van der Waals surface area contributed by atoms with Crippen LogP contribution in [0.1, 0.15) is 73.0 Å². The van der Waals surface area contributed by atoms with Gasteiger partial charge in [0.2, 0.25) is 0 Å². The van der Waals surface area contributed by atoms with E-state index in [4.69, 9.17) is 9.47 Å². The third-order valence-corrected chi connectivity index (χ3v) is 6.89. The molecule has 0 aliphatic rings. The number of unbranched alkanes of at least 4 members (excludes halogenated alkanes) is 1. The van der Waals surface area contributed by atoms with Crippen LogP contribution in [0.4, 0.5) is 32.0 Å². The molecule has 2 N–H and O–H groups in total. The summed E-state index contributed by atoms with van der Waals surface area (Å²) < 4.78 is 95.9. The number of H-pyrrole nitrogens is 1. The number of aromatic amines is 1. The SMILES string of the molecule is CCCCOc1ccc(C(=O)Nc2cc(C(F)(F)F)c(Oc3ccc4[nH]cc(C(C)CC)c4c3)c(C(F)(F)F)c2)cc1.